The minimum Gasteiger partial charge on any atom is -0.497 e. The lowest BCUT2D eigenvalue weighted by atomic mass is 9.92. The van der Waals surface area contributed by atoms with Crippen molar-refractivity contribution in [2.24, 2.45) is 5.92 Å². The predicted molar refractivity (Wildman–Crippen MR) is 159 cm³/mol. The van der Waals surface area contributed by atoms with Crippen LogP contribution in [0.25, 0.3) is 33.3 Å². The van der Waals surface area contributed by atoms with Crippen LogP contribution in [0.1, 0.15) is 46.4 Å². The molecular weight excluding hydrogens is 476 g/mol. The maximum absolute atomic E-state index is 5.40. The first kappa shape index (κ1) is 27.2. The molecule has 0 bridgehead atoms. The Bertz CT molecular complexity index is 1280. The van der Waals surface area contributed by atoms with Crippen LogP contribution < -0.4 is 10.1 Å². The molecule has 0 saturated heterocycles. The van der Waals surface area contributed by atoms with Gasteiger partial charge in [-0.2, -0.15) is 11.8 Å². The van der Waals surface area contributed by atoms with E-state index in [1.165, 1.54) is 24.3 Å². The number of nitrogens with one attached hydrogen (secondary N) is 2. The molecule has 0 aliphatic rings. The van der Waals surface area contributed by atoms with E-state index < -0.39 is 0 Å². The number of pyridine rings is 1. The highest BCUT2D eigenvalue weighted by Gasteiger charge is 2.27. The van der Waals surface area contributed by atoms with Crippen molar-refractivity contribution in [2.75, 3.05) is 31.7 Å². The van der Waals surface area contributed by atoms with E-state index in [9.17, 15) is 0 Å². The van der Waals surface area contributed by atoms with Crippen LogP contribution >= 0.6 is 11.8 Å². The monoisotopic (exact) mass is 516 g/mol. The molecule has 2 N–H and O–H groups in total. The lowest BCUT2D eigenvalue weighted by Crippen LogP contribution is -2.34. The molecule has 0 aliphatic carbocycles. The highest BCUT2D eigenvalue weighted by molar-refractivity contribution is 7.99. The Hall–Kier alpha value is -2.83. The van der Waals surface area contributed by atoms with E-state index in [0.29, 0.717) is 0 Å². The molecule has 196 valence electrons. The van der Waals surface area contributed by atoms with Crippen LogP contribution in [0, 0.1) is 5.92 Å². The summed E-state index contributed by atoms with van der Waals surface area (Å²) in [6, 6.07) is 16.7. The van der Waals surface area contributed by atoms with E-state index in [4.69, 9.17) is 9.72 Å². The summed E-state index contributed by atoms with van der Waals surface area (Å²) in [7, 11) is 1.70. The van der Waals surface area contributed by atoms with E-state index in [0.717, 1.165) is 63.9 Å². The van der Waals surface area contributed by atoms with Crippen molar-refractivity contribution in [3.05, 3.63) is 66.7 Å². The molecule has 5 nitrogen and oxygen atoms in total. The van der Waals surface area contributed by atoms with Gasteiger partial charge >= 0.3 is 0 Å². The first-order valence-electron chi connectivity index (χ1n) is 13.2. The van der Waals surface area contributed by atoms with E-state index >= 15 is 0 Å². The summed E-state index contributed by atoms with van der Waals surface area (Å²) in [5.41, 5.74) is 4.03. The second kappa shape index (κ2) is 12.6. The van der Waals surface area contributed by atoms with Crippen molar-refractivity contribution in [1.82, 2.24) is 20.3 Å². The fraction of sp³-hybridized carbons (Fsp3) is 0.419. The van der Waals surface area contributed by atoms with Gasteiger partial charge in [0.05, 0.1) is 18.5 Å². The second-order valence-corrected chi connectivity index (χ2v) is 11.9. The van der Waals surface area contributed by atoms with Gasteiger partial charge in [-0.05, 0) is 77.9 Å². The van der Waals surface area contributed by atoms with Crippen LogP contribution in [-0.2, 0) is 5.41 Å². The Balaban J connectivity index is 1.52. The fourth-order valence-corrected chi connectivity index (χ4v) is 5.52. The molecule has 0 amide bonds. The molecule has 0 spiro atoms. The van der Waals surface area contributed by atoms with Gasteiger partial charge in [-0.25, -0.2) is 4.98 Å². The standard InChI is InChI=1S/C31H40N4OS/c1-22(2)13-18-37-17-6-14-33-21-31(3,4)30-34-28(23-11-15-32-16-12-23)29(35-30)26-8-7-25-20-27(36-5)10-9-24(25)19-26/h7-12,15-16,19-20,22,33H,6,13-14,17-18,21H2,1-5H3,(H,34,35). The van der Waals surface area contributed by atoms with E-state index in [1.807, 2.05) is 30.6 Å². The SMILES string of the molecule is COc1ccc2cc(-c3nc(C(C)(C)CNCCCSCCC(C)C)[nH]c3-c3ccncc3)ccc2c1. The largest absolute Gasteiger partial charge is 0.497 e. The second-order valence-electron chi connectivity index (χ2n) is 10.7. The summed E-state index contributed by atoms with van der Waals surface area (Å²) in [4.78, 5) is 13.1. The number of ether oxygens (including phenoxy) is 1. The molecule has 4 aromatic rings. The summed E-state index contributed by atoms with van der Waals surface area (Å²) in [6.45, 7) is 11.0. The van der Waals surface area contributed by atoms with Gasteiger partial charge in [0.2, 0.25) is 0 Å². The van der Waals surface area contributed by atoms with E-state index in [-0.39, 0.29) is 5.41 Å². The van der Waals surface area contributed by atoms with Gasteiger partial charge in [-0.3, -0.25) is 4.98 Å². The van der Waals surface area contributed by atoms with Crippen LogP contribution in [0.5, 0.6) is 5.75 Å². The van der Waals surface area contributed by atoms with Gasteiger partial charge in [0.15, 0.2) is 0 Å². The van der Waals surface area contributed by atoms with Crippen LogP contribution in [0.4, 0.5) is 0 Å². The number of methoxy groups -OCH3 is 1. The Morgan fingerprint density at radius 1 is 0.973 bits per heavy atom. The molecule has 0 fully saturated rings. The molecule has 0 unspecified atom stereocenters. The Labute approximate surface area is 225 Å². The molecule has 2 aromatic heterocycles. The fourth-order valence-electron chi connectivity index (χ4n) is 4.33. The molecule has 2 aromatic carbocycles. The van der Waals surface area contributed by atoms with Gasteiger partial charge in [-0.1, -0.05) is 45.9 Å². The molecule has 0 saturated carbocycles. The molecule has 0 radical (unpaired) electrons. The van der Waals surface area contributed by atoms with Gasteiger partial charge < -0.3 is 15.0 Å². The molecular formula is C31H40N4OS. The summed E-state index contributed by atoms with van der Waals surface area (Å²) in [5.74, 6) is 5.12. The van der Waals surface area contributed by atoms with Crippen LogP contribution in [0.15, 0.2) is 60.9 Å². The van der Waals surface area contributed by atoms with Crippen LogP contribution in [-0.4, -0.2) is 46.7 Å². The van der Waals surface area contributed by atoms with Crippen molar-refractivity contribution in [3.63, 3.8) is 0 Å². The number of benzene rings is 2. The Morgan fingerprint density at radius 3 is 2.49 bits per heavy atom. The first-order chi connectivity index (χ1) is 17.9. The van der Waals surface area contributed by atoms with Crippen LogP contribution in [0.2, 0.25) is 0 Å². The summed E-state index contributed by atoms with van der Waals surface area (Å²) in [5, 5.41) is 5.98. The zero-order valence-corrected chi connectivity index (χ0v) is 23.6. The Kier molecular flexibility index (Phi) is 9.28. The lowest BCUT2D eigenvalue weighted by Gasteiger charge is -2.22. The number of hydrogen-bond acceptors (Lipinski definition) is 5. The van der Waals surface area contributed by atoms with Gasteiger partial charge in [0.1, 0.15) is 11.6 Å². The van der Waals surface area contributed by atoms with Crippen molar-refractivity contribution < 1.29 is 4.74 Å². The highest BCUT2D eigenvalue weighted by atomic mass is 32.2. The van der Waals surface area contributed by atoms with E-state index in [1.54, 1.807) is 7.11 Å². The summed E-state index contributed by atoms with van der Waals surface area (Å²) < 4.78 is 5.40. The summed E-state index contributed by atoms with van der Waals surface area (Å²) in [6.07, 6.45) is 6.15. The van der Waals surface area contributed by atoms with Gasteiger partial charge in [0, 0.05) is 35.5 Å². The average Bonchev–Trinajstić information content (AvgIpc) is 3.36. The Morgan fingerprint density at radius 2 is 1.73 bits per heavy atom. The van der Waals surface area contributed by atoms with E-state index in [2.05, 4.69) is 85.1 Å². The number of thioether (sulfide) groups is 1. The number of H-pyrrole nitrogens is 1. The third-order valence-corrected chi connectivity index (χ3v) is 7.79. The molecule has 2 heterocycles. The third-order valence-electron chi connectivity index (χ3n) is 6.68. The number of aromatic amines is 1. The number of fused-ring (bicyclic) bond motifs is 1. The molecule has 6 heteroatoms. The smallest absolute Gasteiger partial charge is 0.119 e. The molecule has 0 atom stereocenters. The number of aromatic nitrogens is 3. The van der Waals surface area contributed by atoms with Crippen molar-refractivity contribution >= 4 is 22.5 Å². The number of hydrogen-bond donors (Lipinski definition) is 2. The van der Waals surface area contributed by atoms with Gasteiger partial charge in [-0.15, -0.1) is 0 Å². The lowest BCUT2D eigenvalue weighted by molar-refractivity contribution is 0.415. The molecule has 0 aliphatic heterocycles. The minimum absolute atomic E-state index is 0.144. The summed E-state index contributed by atoms with van der Waals surface area (Å²) >= 11 is 2.07. The molecule has 4 rings (SSSR count). The zero-order chi connectivity index (χ0) is 26.3. The minimum atomic E-state index is -0.144. The number of imidazole rings is 1. The quantitative estimate of drug-likeness (QED) is 0.182. The van der Waals surface area contributed by atoms with Crippen molar-refractivity contribution in [3.8, 4) is 28.3 Å². The van der Waals surface area contributed by atoms with Crippen LogP contribution in [0.3, 0.4) is 0 Å². The normalized spacial score (nSPS) is 11.9. The maximum atomic E-state index is 5.40. The first-order valence-corrected chi connectivity index (χ1v) is 14.4. The number of nitrogens with zero attached hydrogens (tertiary/aromatic N) is 2. The zero-order valence-electron chi connectivity index (χ0n) is 22.8. The highest BCUT2D eigenvalue weighted by Crippen LogP contribution is 2.35. The maximum Gasteiger partial charge on any atom is 0.119 e. The van der Waals surface area contributed by atoms with Crippen molar-refractivity contribution in [2.45, 2.75) is 46.0 Å². The third kappa shape index (κ3) is 7.14. The average molecular weight is 517 g/mol. The number of rotatable bonds is 13. The van der Waals surface area contributed by atoms with Crippen molar-refractivity contribution in [1.29, 1.82) is 0 Å². The predicted octanol–water partition coefficient (Wildman–Crippen LogP) is 7.34. The molecule has 37 heavy (non-hydrogen) atoms. The topological polar surface area (TPSA) is 62.8 Å². The van der Waals surface area contributed by atoms with Gasteiger partial charge in [0.25, 0.3) is 0 Å².